The number of amides is 1. The molecule has 1 saturated heterocycles. The molecule has 0 saturated carbocycles. The highest BCUT2D eigenvalue weighted by Crippen LogP contribution is 2.28. The van der Waals surface area contributed by atoms with Gasteiger partial charge in [-0.1, -0.05) is 13.0 Å². The lowest BCUT2D eigenvalue weighted by Gasteiger charge is -2.29. The van der Waals surface area contributed by atoms with Crippen LogP contribution in [0.2, 0.25) is 0 Å². The predicted octanol–water partition coefficient (Wildman–Crippen LogP) is 2.87. The molecule has 0 atom stereocenters. The molecule has 0 unspecified atom stereocenters. The molecule has 1 aromatic rings. The Kier molecular flexibility index (Phi) is 6.04. The van der Waals surface area contributed by atoms with Crippen molar-refractivity contribution in [2.45, 2.75) is 19.8 Å². The number of rotatable bonds is 5. The van der Waals surface area contributed by atoms with Crippen LogP contribution < -0.4 is 9.47 Å². The molecule has 1 aromatic carbocycles. The first-order chi connectivity index (χ1) is 11.1. The molecule has 0 aromatic heterocycles. The normalized spacial score (nSPS) is 15.4. The Hall–Kier alpha value is -2.48. The number of piperidine rings is 1. The number of likely N-dealkylation sites (tertiary alicyclic amines) is 1. The largest absolute Gasteiger partial charge is 0.493 e. The topological polar surface area (TPSA) is 62.6 Å². The van der Waals surface area contributed by atoms with Gasteiger partial charge in [-0.15, -0.1) is 0 Å². The van der Waals surface area contributed by atoms with Gasteiger partial charge in [-0.2, -0.15) is 5.26 Å². The van der Waals surface area contributed by atoms with Gasteiger partial charge in [-0.3, -0.25) is 4.79 Å². The first kappa shape index (κ1) is 16.9. The van der Waals surface area contributed by atoms with Crippen LogP contribution in [0.4, 0.5) is 0 Å². The van der Waals surface area contributed by atoms with Gasteiger partial charge in [-0.25, -0.2) is 0 Å². The average Bonchev–Trinajstić information content (AvgIpc) is 2.58. The summed E-state index contributed by atoms with van der Waals surface area (Å²) in [6.45, 7) is 3.85. The number of hydrogen-bond donors (Lipinski definition) is 0. The van der Waals surface area contributed by atoms with Crippen molar-refractivity contribution in [1.82, 2.24) is 4.90 Å². The first-order valence-corrected chi connectivity index (χ1v) is 7.79. The fourth-order valence-corrected chi connectivity index (χ4v) is 2.52. The summed E-state index contributed by atoms with van der Waals surface area (Å²) in [6, 6.07) is 7.28. The van der Waals surface area contributed by atoms with Gasteiger partial charge in [0.1, 0.15) is 6.07 Å². The molecule has 122 valence electrons. The fraction of sp³-hybridized carbons (Fsp3) is 0.444. The molecule has 23 heavy (non-hydrogen) atoms. The Morgan fingerprint density at radius 3 is 2.78 bits per heavy atom. The summed E-state index contributed by atoms with van der Waals surface area (Å²) in [6.07, 6.45) is 5.51. The average molecular weight is 314 g/mol. The highest BCUT2D eigenvalue weighted by atomic mass is 16.5. The van der Waals surface area contributed by atoms with Gasteiger partial charge in [0.05, 0.1) is 7.11 Å². The van der Waals surface area contributed by atoms with E-state index in [4.69, 9.17) is 14.7 Å². The van der Waals surface area contributed by atoms with Gasteiger partial charge < -0.3 is 14.4 Å². The lowest BCUT2D eigenvalue weighted by molar-refractivity contribution is -0.127. The van der Waals surface area contributed by atoms with Gasteiger partial charge in [0.25, 0.3) is 0 Å². The highest BCUT2D eigenvalue weighted by Gasteiger charge is 2.18. The van der Waals surface area contributed by atoms with Crippen LogP contribution in [0.1, 0.15) is 25.3 Å². The molecule has 5 nitrogen and oxygen atoms in total. The van der Waals surface area contributed by atoms with Gasteiger partial charge >= 0.3 is 0 Å². The summed E-state index contributed by atoms with van der Waals surface area (Å²) in [5.41, 5.74) is 0.852. The molecular formula is C18H22N2O3. The van der Waals surface area contributed by atoms with Crippen molar-refractivity contribution in [2.24, 2.45) is 5.92 Å². The zero-order valence-corrected chi connectivity index (χ0v) is 13.6. The second kappa shape index (κ2) is 8.23. The molecule has 5 heteroatoms. The maximum Gasteiger partial charge on any atom is 0.246 e. The minimum absolute atomic E-state index is 0.0303. The summed E-state index contributed by atoms with van der Waals surface area (Å²) < 4.78 is 10.5. The molecule has 1 amide bonds. The minimum Gasteiger partial charge on any atom is -0.493 e. The Bertz CT molecular complexity index is 611. The fourth-order valence-electron chi connectivity index (χ4n) is 2.52. The summed E-state index contributed by atoms with van der Waals surface area (Å²) in [5.74, 6) is 1.80. The SMILES string of the molecule is COc1cc(/C=C/C(=O)N2CCC(C)CC2)ccc1OCC#N. The third-order valence-corrected chi connectivity index (χ3v) is 3.99. The number of benzene rings is 1. The van der Waals surface area contributed by atoms with E-state index in [-0.39, 0.29) is 12.5 Å². The number of carbonyl (C=O) groups is 1. The van der Waals surface area contributed by atoms with E-state index in [1.807, 2.05) is 17.0 Å². The van der Waals surface area contributed by atoms with Crippen molar-refractivity contribution in [3.8, 4) is 17.6 Å². The zero-order valence-electron chi connectivity index (χ0n) is 13.6. The molecule has 0 radical (unpaired) electrons. The second-order valence-electron chi connectivity index (χ2n) is 5.70. The van der Waals surface area contributed by atoms with Crippen LogP contribution in [0.25, 0.3) is 6.08 Å². The molecule has 1 heterocycles. The summed E-state index contributed by atoms with van der Waals surface area (Å²) in [7, 11) is 1.54. The van der Waals surface area contributed by atoms with Crippen LogP contribution in [0.5, 0.6) is 11.5 Å². The number of nitriles is 1. The van der Waals surface area contributed by atoms with E-state index in [1.165, 1.54) is 0 Å². The Balaban J connectivity index is 2.01. The Morgan fingerprint density at radius 1 is 1.39 bits per heavy atom. The van der Waals surface area contributed by atoms with E-state index < -0.39 is 0 Å². The standard InChI is InChI=1S/C18H22N2O3/c1-14-7-10-20(11-8-14)18(21)6-4-15-3-5-16(23-12-9-19)17(13-15)22-2/h3-6,13-14H,7-8,10-12H2,1-2H3/b6-4+. The summed E-state index contributed by atoms with van der Waals surface area (Å²) >= 11 is 0. The quantitative estimate of drug-likeness (QED) is 0.784. The lowest BCUT2D eigenvalue weighted by Crippen LogP contribution is -2.36. The van der Waals surface area contributed by atoms with E-state index in [0.29, 0.717) is 17.4 Å². The molecule has 0 N–H and O–H groups in total. The van der Waals surface area contributed by atoms with Crippen LogP contribution >= 0.6 is 0 Å². The van der Waals surface area contributed by atoms with E-state index >= 15 is 0 Å². The molecule has 0 spiro atoms. The van der Waals surface area contributed by atoms with Gasteiger partial charge in [-0.05, 0) is 42.5 Å². The van der Waals surface area contributed by atoms with Crippen LogP contribution in [0, 0.1) is 17.2 Å². The Morgan fingerprint density at radius 2 is 2.13 bits per heavy atom. The van der Waals surface area contributed by atoms with E-state index in [9.17, 15) is 4.79 Å². The van der Waals surface area contributed by atoms with Crippen LogP contribution in [-0.2, 0) is 4.79 Å². The molecule has 0 aliphatic carbocycles. The predicted molar refractivity (Wildman–Crippen MR) is 88.1 cm³/mol. The van der Waals surface area contributed by atoms with Crippen molar-refractivity contribution in [2.75, 3.05) is 26.8 Å². The van der Waals surface area contributed by atoms with Crippen molar-refractivity contribution >= 4 is 12.0 Å². The van der Waals surface area contributed by atoms with Gasteiger partial charge in [0, 0.05) is 19.2 Å². The smallest absolute Gasteiger partial charge is 0.246 e. The third-order valence-electron chi connectivity index (χ3n) is 3.99. The molecule has 1 fully saturated rings. The zero-order chi connectivity index (χ0) is 16.7. The number of hydrogen-bond acceptors (Lipinski definition) is 4. The second-order valence-corrected chi connectivity index (χ2v) is 5.70. The first-order valence-electron chi connectivity index (χ1n) is 7.79. The maximum atomic E-state index is 12.2. The summed E-state index contributed by atoms with van der Waals surface area (Å²) in [5, 5.41) is 8.56. The molecule has 1 aliphatic heterocycles. The molecular weight excluding hydrogens is 292 g/mol. The lowest BCUT2D eigenvalue weighted by atomic mass is 9.99. The number of carbonyl (C=O) groups excluding carboxylic acids is 1. The number of ether oxygens (including phenoxy) is 2. The molecule has 1 aliphatic rings. The van der Waals surface area contributed by atoms with Crippen molar-refractivity contribution in [3.05, 3.63) is 29.8 Å². The molecule has 2 rings (SSSR count). The highest BCUT2D eigenvalue weighted by molar-refractivity contribution is 5.91. The number of nitrogens with zero attached hydrogens (tertiary/aromatic N) is 2. The monoisotopic (exact) mass is 314 g/mol. The third kappa shape index (κ3) is 4.75. The van der Waals surface area contributed by atoms with E-state index in [1.54, 1.807) is 31.4 Å². The van der Waals surface area contributed by atoms with Crippen LogP contribution in [-0.4, -0.2) is 37.6 Å². The minimum atomic E-state index is -0.0303. The maximum absolute atomic E-state index is 12.2. The van der Waals surface area contributed by atoms with E-state index in [2.05, 4.69) is 6.92 Å². The number of methoxy groups -OCH3 is 1. The van der Waals surface area contributed by atoms with Crippen LogP contribution in [0.3, 0.4) is 0 Å². The van der Waals surface area contributed by atoms with Crippen molar-refractivity contribution < 1.29 is 14.3 Å². The van der Waals surface area contributed by atoms with Crippen molar-refractivity contribution in [1.29, 1.82) is 5.26 Å². The summed E-state index contributed by atoms with van der Waals surface area (Å²) in [4.78, 5) is 14.1. The van der Waals surface area contributed by atoms with Gasteiger partial charge in [0.2, 0.25) is 5.91 Å². The van der Waals surface area contributed by atoms with Crippen molar-refractivity contribution in [3.63, 3.8) is 0 Å². The van der Waals surface area contributed by atoms with Crippen LogP contribution in [0.15, 0.2) is 24.3 Å². The molecule has 0 bridgehead atoms. The van der Waals surface area contributed by atoms with E-state index in [0.717, 1.165) is 31.5 Å². The van der Waals surface area contributed by atoms with Gasteiger partial charge in [0.15, 0.2) is 18.1 Å². The Labute approximate surface area is 137 Å².